The van der Waals surface area contributed by atoms with Gasteiger partial charge in [0.2, 0.25) is 0 Å². The van der Waals surface area contributed by atoms with E-state index in [-0.39, 0.29) is 17.5 Å². The Bertz CT molecular complexity index is 1320. The maximum absolute atomic E-state index is 12.6. The molecule has 1 heterocycles. The molecule has 0 aliphatic rings. The fraction of sp³-hybridized carbons (Fsp3) is 0.250. The van der Waals surface area contributed by atoms with Gasteiger partial charge in [-0.25, -0.2) is 9.78 Å². The highest BCUT2D eigenvalue weighted by molar-refractivity contribution is 5.97. The van der Waals surface area contributed by atoms with Gasteiger partial charge in [0, 0.05) is 18.2 Å². The van der Waals surface area contributed by atoms with E-state index >= 15 is 0 Å². The van der Waals surface area contributed by atoms with Gasteiger partial charge in [-0.15, -0.1) is 0 Å². The van der Waals surface area contributed by atoms with Crippen LogP contribution in [0.25, 0.3) is 22.2 Å². The first kappa shape index (κ1) is 23.2. The number of carboxylic acid groups (broad SMARTS) is 1. The van der Waals surface area contributed by atoms with Gasteiger partial charge in [-0.05, 0) is 60.2 Å². The third-order valence-corrected chi connectivity index (χ3v) is 5.86. The van der Waals surface area contributed by atoms with Gasteiger partial charge in [0.15, 0.2) is 0 Å². The zero-order valence-corrected chi connectivity index (χ0v) is 19.7. The zero-order chi connectivity index (χ0) is 24.2. The van der Waals surface area contributed by atoms with E-state index in [0.29, 0.717) is 23.6 Å². The summed E-state index contributed by atoms with van der Waals surface area (Å²) in [6, 6.07) is 20.6. The predicted octanol–water partition coefficient (Wildman–Crippen LogP) is 5.61. The Balaban J connectivity index is 1.50. The molecule has 1 atom stereocenters. The average Bonchev–Trinajstić information content (AvgIpc) is 3.21. The molecular weight excluding hydrogens is 426 g/mol. The highest BCUT2D eigenvalue weighted by Gasteiger charge is 2.14. The molecule has 0 saturated heterocycles. The second-order valence-corrected chi connectivity index (χ2v) is 9.13. The van der Waals surface area contributed by atoms with Crippen LogP contribution in [0, 0.1) is 5.92 Å². The van der Waals surface area contributed by atoms with Crippen LogP contribution in [0.5, 0.6) is 0 Å². The molecule has 6 heteroatoms. The molecule has 0 spiro atoms. The standard InChI is InChI=1S/C28H29N3O3/c1-18(2)14-19(3)30-27(32)22-12-13-26-25(15-22)29-17-31(26)16-20-8-10-21(11-9-20)23-6-4-5-7-24(23)28(33)34/h4-13,15,17-19H,14,16H2,1-3H3,(H,30,32)(H,33,34)/t19-/m0/s1. The third kappa shape index (κ3) is 5.17. The van der Waals surface area contributed by atoms with Gasteiger partial charge in [0.05, 0.1) is 22.9 Å². The Morgan fingerprint density at radius 3 is 2.44 bits per heavy atom. The summed E-state index contributed by atoms with van der Waals surface area (Å²) in [5.41, 5.74) is 5.25. The molecule has 0 bridgehead atoms. The van der Waals surface area contributed by atoms with E-state index < -0.39 is 5.97 Å². The van der Waals surface area contributed by atoms with Gasteiger partial charge < -0.3 is 15.0 Å². The third-order valence-electron chi connectivity index (χ3n) is 5.86. The van der Waals surface area contributed by atoms with Crippen LogP contribution in [0.1, 0.15) is 53.5 Å². The maximum Gasteiger partial charge on any atom is 0.336 e. The summed E-state index contributed by atoms with van der Waals surface area (Å²) in [6.07, 6.45) is 2.71. The summed E-state index contributed by atoms with van der Waals surface area (Å²) in [7, 11) is 0. The molecule has 6 nitrogen and oxygen atoms in total. The van der Waals surface area contributed by atoms with Gasteiger partial charge in [0.1, 0.15) is 0 Å². The highest BCUT2D eigenvalue weighted by atomic mass is 16.4. The van der Waals surface area contributed by atoms with Gasteiger partial charge in [-0.3, -0.25) is 4.79 Å². The molecule has 0 saturated carbocycles. The van der Waals surface area contributed by atoms with Crippen molar-refractivity contribution in [2.75, 3.05) is 0 Å². The minimum Gasteiger partial charge on any atom is -0.478 e. The molecule has 0 radical (unpaired) electrons. The normalized spacial score (nSPS) is 12.1. The van der Waals surface area contributed by atoms with Crippen LogP contribution in [0.2, 0.25) is 0 Å². The first-order valence-electron chi connectivity index (χ1n) is 11.5. The fourth-order valence-electron chi connectivity index (χ4n) is 4.31. The second kappa shape index (κ2) is 9.91. The van der Waals surface area contributed by atoms with Crippen molar-refractivity contribution in [2.45, 2.75) is 39.8 Å². The van der Waals surface area contributed by atoms with E-state index in [1.165, 1.54) is 0 Å². The monoisotopic (exact) mass is 455 g/mol. The van der Waals surface area contributed by atoms with Crippen molar-refractivity contribution in [3.05, 3.63) is 89.7 Å². The van der Waals surface area contributed by atoms with Crippen LogP contribution >= 0.6 is 0 Å². The molecule has 4 rings (SSSR count). The number of nitrogens with zero attached hydrogens (tertiary/aromatic N) is 2. The van der Waals surface area contributed by atoms with Crippen molar-refractivity contribution in [3.63, 3.8) is 0 Å². The predicted molar refractivity (Wildman–Crippen MR) is 134 cm³/mol. The lowest BCUT2D eigenvalue weighted by Gasteiger charge is -2.16. The van der Waals surface area contributed by atoms with Gasteiger partial charge in [-0.1, -0.05) is 56.3 Å². The lowest BCUT2D eigenvalue weighted by molar-refractivity contribution is 0.0697. The van der Waals surface area contributed by atoms with Crippen molar-refractivity contribution in [1.29, 1.82) is 0 Å². The van der Waals surface area contributed by atoms with E-state index in [9.17, 15) is 14.7 Å². The summed E-state index contributed by atoms with van der Waals surface area (Å²) in [5.74, 6) is -0.497. The number of aromatic nitrogens is 2. The van der Waals surface area contributed by atoms with E-state index in [1.54, 1.807) is 18.5 Å². The zero-order valence-electron chi connectivity index (χ0n) is 19.7. The van der Waals surface area contributed by atoms with Crippen LogP contribution in [0.4, 0.5) is 0 Å². The Kier molecular flexibility index (Phi) is 6.77. The summed E-state index contributed by atoms with van der Waals surface area (Å²) < 4.78 is 2.04. The number of carbonyl (C=O) groups is 2. The second-order valence-electron chi connectivity index (χ2n) is 9.13. The molecule has 4 aromatic rings. The molecule has 0 unspecified atom stereocenters. The molecule has 3 aromatic carbocycles. The number of hydrogen-bond acceptors (Lipinski definition) is 3. The van der Waals surface area contributed by atoms with Crippen molar-refractivity contribution in [1.82, 2.24) is 14.9 Å². The number of benzene rings is 3. The number of carboxylic acids is 1. The molecule has 0 aliphatic carbocycles. The van der Waals surface area contributed by atoms with Crippen LogP contribution in [-0.4, -0.2) is 32.6 Å². The Labute approximate surface area is 199 Å². The Morgan fingerprint density at radius 2 is 1.74 bits per heavy atom. The summed E-state index contributed by atoms with van der Waals surface area (Å²) >= 11 is 0. The SMILES string of the molecule is CC(C)C[C@H](C)NC(=O)c1ccc2c(c1)ncn2Cc1ccc(-c2ccccc2C(=O)O)cc1. The Hall–Kier alpha value is -3.93. The van der Waals surface area contributed by atoms with Gasteiger partial charge >= 0.3 is 5.97 Å². The number of imidazole rings is 1. The lowest BCUT2D eigenvalue weighted by atomic mass is 9.99. The van der Waals surface area contributed by atoms with Crippen LogP contribution < -0.4 is 5.32 Å². The summed E-state index contributed by atoms with van der Waals surface area (Å²) in [4.78, 5) is 28.6. The molecule has 34 heavy (non-hydrogen) atoms. The van der Waals surface area contributed by atoms with Crippen LogP contribution in [0.15, 0.2) is 73.1 Å². The van der Waals surface area contributed by atoms with E-state index in [4.69, 9.17) is 0 Å². The minimum atomic E-state index is -0.938. The molecule has 2 N–H and O–H groups in total. The highest BCUT2D eigenvalue weighted by Crippen LogP contribution is 2.25. The first-order valence-corrected chi connectivity index (χ1v) is 11.5. The summed E-state index contributed by atoms with van der Waals surface area (Å²) in [5, 5.41) is 12.5. The van der Waals surface area contributed by atoms with Crippen LogP contribution in [-0.2, 0) is 6.54 Å². The topological polar surface area (TPSA) is 84.2 Å². The number of amides is 1. The van der Waals surface area contributed by atoms with E-state index in [0.717, 1.165) is 28.6 Å². The fourth-order valence-corrected chi connectivity index (χ4v) is 4.31. The smallest absolute Gasteiger partial charge is 0.336 e. The molecular formula is C28H29N3O3. The lowest BCUT2D eigenvalue weighted by Crippen LogP contribution is -2.33. The number of fused-ring (bicyclic) bond motifs is 1. The van der Waals surface area contributed by atoms with Crippen molar-refractivity contribution in [2.24, 2.45) is 5.92 Å². The number of nitrogens with one attached hydrogen (secondary N) is 1. The molecule has 0 aliphatic heterocycles. The molecule has 0 fully saturated rings. The summed E-state index contributed by atoms with van der Waals surface area (Å²) in [6.45, 7) is 6.93. The number of carbonyl (C=O) groups excluding carboxylic acids is 1. The number of rotatable bonds is 8. The van der Waals surface area contributed by atoms with Gasteiger partial charge in [-0.2, -0.15) is 0 Å². The van der Waals surface area contributed by atoms with Crippen LogP contribution in [0.3, 0.4) is 0 Å². The average molecular weight is 456 g/mol. The maximum atomic E-state index is 12.6. The van der Waals surface area contributed by atoms with Crippen molar-refractivity contribution in [3.8, 4) is 11.1 Å². The van der Waals surface area contributed by atoms with E-state index in [1.807, 2.05) is 66.1 Å². The minimum absolute atomic E-state index is 0.0816. The largest absolute Gasteiger partial charge is 0.478 e. The first-order chi connectivity index (χ1) is 16.3. The molecule has 1 amide bonds. The van der Waals surface area contributed by atoms with Crippen molar-refractivity contribution >= 4 is 22.9 Å². The number of aromatic carboxylic acids is 1. The Morgan fingerprint density at radius 1 is 1.00 bits per heavy atom. The molecule has 174 valence electrons. The molecule has 1 aromatic heterocycles. The quantitative estimate of drug-likeness (QED) is 0.361. The van der Waals surface area contributed by atoms with Gasteiger partial charge in [0.25, 0.3) is 5.91 Å². The van der Waals surface area contributed by atoms with Crippen molar-refractivity contribution < 1.29 is 14.7 Å². The van der Waals surface area contributed by atoms with E-state index in [2.05, 4.69) is 24.1 Å². The number of hydrogen-bond donors (Lipinski definition) is 2.